The maximum atomic E-state index is 8.56. The number of carbonyl (C=O) groups is 4. The molecule has 256 valence electrons. The van der Waals surface area contributed by atoms with Gasteiger partial charge in [0.1, 0.15) is 0 Å². The fourth-order valence-corrected chi connectivity index (χ4v) is 3.47. The summed E-state index contributed by atoms with van der Waals surface area (Å²) >= 11 is 0. The summed E-state index contributed by atoms with van der Waals surface area (Å²) in [5.74, 6) is 0. The quantitative estimate of drug-likeness (QED) is 0.0596. The van der Waals surface area contributed by atoms with E-state index < -0.39 is 24.6 Å². The van der Waals surface area contributed by atoms with E-state index in [2.05, 4.69) is 27.7 Å². The highest BCUT2D eigenvalue weighted by atomic mass is 16.6. The number of rotatable bonds is 20. The van der Waals surface area contributed by atoms with Gasteiger partial charge in [-0.15, -0.1) is 0 Å². The lowest BCUT2D eigenvalue weighted by Gasteiger charge is -2.01. The molecule has 0 aliphatic heterocycles. The molecule has 0 amide bonds. The molecular formula is C30H64O12. The Hall–Kier alpha value is -2.92. The van der Waals surface area contributed by atoms with E-state index in [0.29, 0.717) is 0 Å². The fourth-order valence-electron chi connectivity index (χ4n) is 3.47. The lowest BCUT2D eigenvalue weighted by Crippen LogP contribution is -1.81. The van der Waals surface area contributed by atoms with Crippen molar-refractivity contribution in [3.05, 3.63) is 0 Å². The van der Waals surface area contributed by atoms with Crippen LogP contribution < -0.4 is 0 Å². The second-order valence-corrected chi connectivity index (χ2v) is 9.49. The van der Waals surface area contributed by atoms with Gasteiger partial charge in [0.15, 0.2) is 0 Å². The Morgan fingerprint density at radius 2 is 0.333 bits per heavy atom. The highest BCUT2D eigenvalue weighted by molar-refractivity contribution is 5.54. The molecule has 0 aromatic rings. The number of unbranched alkanes of at least 4 members (excludes halogenated alkanes) is 20. The monoisotopic (exact) mass is 616 g/mol. The van der Waals surface area contributed by atoms with Gasteiger partial charge >= 0.3 is 24.6 Å². The summed E-state index contributed by atoms with van der Waals surface area (Å²) in [6.07, 6.45) is 24.5. The minimum absolute atomic E-state index is 1.37. The zero-order chi connectivity index (χ0) is 33.9. The van der Waals surface area contributed by atoms with E-state index >= 15 is 0 Å². The summed E-state index contributed by atoms with van der Waals surface area (Å²) < 4.78 is 0. The smallest absolute Gasteiger partial charge is 0.450 e. The molecule has 0 aromatic heterocycles. The van der Waals surface area contributed by atoms with Crippen molar-refractivity contribution in [2.45, 2.75) is 169 Å². The molecule has 0 aliphatic carbocycles. The van der Waals surface area contributed by atoms with Crippen LogP contribution in [0.1, 0.15) is 169 Å². The molecule has 12 heteroatoms. The largest absolute Gasteiger partial charge is 0.503 e. The van der Waals surface area contributed by atoms with Gasteiger partial charge in [-0.05, 0) is 0 Å². The second kappa shape index (κ2) is 54.2. The predicted molar refractivity (Wildman–Crippen MR) is 167 cm³/mol. The normalized spacial score (nSPS) is 8.86. The van der Waals surface area contributed by atoms with Crippen LogP contribution >= 0.6 is 0 Å². The molecular weight excluding hydrogens is 552 g/mol. The van der Waals surface area contributed by atoms with Gasteiger partial charge in [-0.2, -0.15) is 0 Å². The van der Waals surface area contributed by atoms with Gasteiger partial charge in [0.2, 0.25) is 0 Å². The van der Waals surface area contributed by atoms with Crippen LogP contribution in [0.3, 0.4) is 0 Å². The van der Waals surface area contributed by atoms with Crippen LogP contribution in [0.25, 0.3) is 0 Å². The van der Waals surface area contributed by atoms with Crippen LogP contribution in [0.5, 0.6) is 0 Å². The van der Waals surface area contributed by atoms with Crippen LogP contribution in [0.15, 0.2) is 0 Å². The van der Waals surface area contributed by atoms with Crippen molar-refractivity contribution < 1.29 is 60.0 Å². The van der Waals surface area contributed by atoms with Crippen molar-refractivity contribution >= 4 is 24.6 Å². The van der Waals surface area contributed by atoms with Gasteiger partial charge in [-0.25, -0.2) is 19.2 Å². The van der Waals surface area contributed by atoms with E-state index in [-0.39, 0.29) is 0 Å². The topological polar surface area (TPSA) is 230 Å². The molecule has 0 heterocycles. The van der Waals surface area contributed by atoms with Gasteiger partial charge in [0.25, 0.3) is 0 Å². The molecule has 0 unspecified atom stereocenters. The first-order valence-corrected chi connectivity index (χ1v) is 15.4. The van der Waals surface area contributed by atoms with Gasteiger partial charge in [-0.1, -0.05) is 169 Å². The highest BCUT2D eigenvalue weighted by Crippen LogP contribution is 2.12. The maximum Gasteiger partial charge on any atom is 0.503 e. The third-order valence-electron chi connectivity index (χ3n) is 5.41. The van der Waals surface area contributed by atoms with Crippen LogP contribution in [-0.4, -0.2) is 65.5 Å². The highest BCUT2D eigenvalue weighted by Gasteiger charge is 1.92. The first kappa shape index (κ1) is 51.8. The average Bonchev–Trinajstić information content (AvgIpc) is 2.86. The van der Waals surface area contributed by atoms with E-state index in [1.807, 2.05) is 0 Å². The molecule has 0 radical (unpaired) electrons. The van der Waals surface area contributed by atoms with E-state index in [1.54, 1.807) is 0 Å². The number of hydrogen-bond donors (Lipinski definition) is 8. The Bertz CT molecular complexity index is 442. The van der Waals surface area contributed by atoms with Crippen molar-refractivity contribution in [1.82, 2.24) is 0 Å². The van der Waals surface area contributed by atoms with E-state index in [4.69, 9.17) is 60.0 Å². The van der Waals surface area contributed by atoms with Crippen LogP contribution in [-0.2, 0) is 0 Å². The Balaban J connectivity index is -0.000000103. The molecule has 0 rings (SSSR count). The van der Waals surface area contributed by atoms with Gasteiger partial charge in [0.05, 0.1) is 0 Å². The Morgan fingerprint density at radius 1 is 0.262 bits per heavy atom. The van der Waals surface area contributed by atoms with E-state index in [1.165, 1.54) is 141 Å². The second-order valence-electron chi connectivity index (χ2n) is 9.49. The average molecular weight is 617 g/mol. The van der Waals surface area contributed by atoms with Crippen molar-refractivity contribution in [3.63, 3.8) is 0 Å². The maximum absolute atomic E-state index is 8.56. The molecule has 0 saturated heterocycles. The molecule has 8 N–H and O–H groups in total. The summed E-state index contributed by atoms with van der Waals surface area (Å²) in [7, 11) is 0. The van der Waals surface area contributed by atoms with Crippen LogP contribution in [0.2, 0.25) is 0 Å². The van der Waals surface area contributed by atoms with Crippen molar-refractivity contribution in [3.8, 4) is 0 Å². The van der Waals surface area contributed by atoms with Crippen molar-refractivity contribution in [2.24, 2.45) is 0 Å². The number of carboxylic acid groups (broad SMARTS) is 8. The minimum atomic E-state index is -1.83. The van der Waals surface area contributed by atoms with E-state index in [0.717, 1.165) is 0 Å². The lowest BCUT2D eigenvalue weighted by atomic mass is 10.1. The van der Waals surface area contributed by atoms with Crippen molar-refractivity contribution in [1.29, 1.82) is 0 Å². The third kappa shape index (κ3) is 165. The molecule has 12 nitrogen and oxygen atoms in total. The summed E-state index contributed by atoms with van der Waals surface area (Å²) in [5, 5.41) is 55.8. The molecule has 0 saturated carbocycles. The molecule has 0 spiro atoms. The zero-order valence-electron chi connectivity index (χ0n) is 26.8. The summed E-state index contributed by atoms with van der Waals surface area (Å²) in [6.45, 7) is 9.13. The van der Waals surface area contributed by atoms with Crippen molar-refractivity contribution in [2.75, 3.05) is 0 Å². The van der Waals surface area contributed by atoms with E-state index in [9.17, 15) is 0 Å². The first-order valence-electron chi connectivity index (χ1n) is 15.4. The van der Waals surface area contributed by atoms with Gasteiger partial charge in [0, 0.05) is 0 Å². The number of hydrogen-bond acceptors (Lipinski definition) is 4. The Labute approximate surface area is 253 Å². The minimum Gasteiger partial charge on any atom is -0.450 e. The van der Waals surface area contributed by atoms with Crippen LogP contribution in [0.4, 0.5) is 19.2 Å². The van der Waals surface area contributed by atoms with Gasteiger partial charge < -0.3 is 40.9 Å². The summed E-state index contributed by atoms with van der Waals surface area (Å²) in [5.41, 5.74) is 0. The fraction of sp³-hybridized carbons (Fsp3) is 0.867. The van der Waals surface area contributed by atoms with Crippen LogP contribution in [0, 0.1) is 0 Å². The Morgan fingerprint density at radius 3 is 0.405 bits per heavy atom. The summed E-state index contributed by atoms with van der Waals surface area (Å²) in [4.78, 5) is 34.2. The third-order valence-corrected chi connectivity index (χ3v) is 5.41. The molecule has 0 fully saturated rings. The zero-order valence-corrected chi connectivity index (χ0v) is 26.8. The standard InChI is InChI=1S/C14H30.C12H26.4CH2O3/c1-3-5-7-9-11-13-14-12-10-8-6-4-2;1-3-5-7-9-11-12-10-8-6-4-2;4*2-1(3)4/h3-14H2,1-2H3;3-12H2,1-2H3;4*(H2,2,3,4). The molecule has 0 aliphatic rings. The first-order chi connectivity index (χ1) is 19.8. The lowest BCUT2D eigenvalue weighted by molar-refractivity contribution is 0.135. The Kier molecular flexibility index (Phi) is 66.8. The predicted octanol–water partition coefficient (Wildman–Crippen LogP) is 11.5. The summed E-state index contributed by atoms with van der Waals surface area (Å²) in [6, 6.07) is 0. The SMILES string of the molecule is CCCCCCCCCCCC.CCCCCCCCCCCCCC.O=C(O)O.O=C(O)O.O=C(O)O.O=C(O)O. The van der Waals surface area contributed by atoms with Gasteiger partial charge in [-0.3, -0.25) is 0 Å². The molecule has 0 bridgehead atoms. The molecule has 0 atom stereocenters. The molecule has 42 heavy (non-hydrogen) atoms. The molecule has 0 aromatic carbocycles.